The zero-order valence-electron chi connectivity index (χ0n) is 17.6. The molecule has 31 heavy (non-hydrogen) atoms. The summed E-state index contributed by atoms with van der Waals surface area (Å²) in [5.41, 5.74) is 2.01. The maximum atomic E-state index is 13.4. The van der Waals surface area contributed by atoms with Crippen molar-refractivity contribution in [3.8, 4) is 22.6 Å². The smallest absolute Gasteiger partial charge is 0.263 e. The van der Waals surface area contributed by atoms with Gasteiger partial charge in [-0.2, -0.15) is 0 Å². The van der Waals surface area contributed by atoms with Crippen molar-refractivity contribution >= 4 is 21.6 Å². The second kappa shape index (κ2) is 8.77. The number of aromatic nitrogens is 3. The van der Waals surface area contributed by atoms with Crippen molar-refractivity contribution in [1.82, 2.24) is 14.5 Å². The Kier molecular flexibility index (Phi) is 5.90. The molecule has 7 nitrogen and oxygen atoms in total. The van der Waals surface area contributed by atoms with Crippen LogP contribution in [-0.4, -0.2) is 28.3 Å². The number of hydrogen-bond acceptors (Lipinski definition) is 6. The molecule has 3 heterocycles. The summed E-state index contributed by atoms with van der Waals surface area (Å²) in [6.45, 7) is 4.64. The molecule has 0 atom stereocenters. The van der Waals surface area contributed by atoms with Crippen LogP contribution in [0.4, 0.5) is 0 Å². The summed E-state index contributed by atoms with van der Waals surface area (Å²) in [6, 6.07) is 9.11. The van der Waals surface area contributed by atoms with E-state index in [1.165, 1.54) is 28.3 Å². The van der Waals surface area contributed by atoms with Crippen molar-refractivity contribution in [2.24, 2.45) is 0 Å². The van der Waals surface area contributed by atoms with Crippen LogP contribution in [0.3, 0.4) is 0 Å². The van der Waals surface area contributed by atoms with E-state index >= 15 is 0 Å². The Bertz CT molecular complexity index is 1350. The molecule has 1 N–H and O–H groups in total. The Morgan fingerprint density at radius 3 is 2.81 bits per heavy atom. The Hall–Kier alpha value is -3.39. The molecule has 160 valence electrons. The first kappa shape index (κ1) is 20.9. The highest BCUT2D eigenvalue weighted by Gasteiger charge is 2.17. The monoisotopic (exact) mass is 437 g/mol. The van der Waals surface area contributed by atoms with Crippen LogP contribution in [0.2, 0.25) is 0 Å². The highest BCUT2D eigenvalue weighted by molar-refractivity contribution is 7.19. The molecule has 0 spiro atoms. The quantitative estimate of drug-likeness (QED) is 0.473. The van der Waals surface area contributed by atoms with Gasteiger partial charge in [-0.25, -0.2) is 4.98 Å². The summed E-state index contributed by atoms with van der Waals surface area (Å²) in [4.78, 5) is 34.9. The standard InChI is InChI=1S/C23H23N3O4S/c1-4-8-30-19-11-24-16(10-18(19)27)12-26-13-25-22-21(23(26)28)20(14(2)31-22)15-6-5-7-17(9-15)29-3/h5-7,9-11,13H,4,8,12H2,1-3H3,(H,24,27). The van der Waals surface area contributed by atoms with Gasteiger partial charge in [0.15, 0.2) is 5.75 Å². The van der Waals surface area contributed by atoms with E-state index in [-0.39, 0.29) is 23.3 Å². The molecule has 3 aromatic heterocycles. The molecule has 0 bridgehead atoms. The summed E-state index contributed by atoms with van der Waals surface area (Å²) in [5.74, 6) is 1.00. The predicted octanol–water partition coefficient (Wildman–Crippen LogP) is 3.97. The number of benzene rings is 1. The van der Waals surface area contributed by atoms with Crippen LogP contribution < -0.4 is 20.5 Å². The van der Waals surface area contributed by atoms with Crippen molar-refractivity contribution in [1.29, 1.82) is 0 Å². The van der Waals surface area contributed by atoms with Gasteiger partial charge in [0.1, 0.15) is 10.6 Å². The normalized spacial score (nSPS) is 11.1. The van der Waals surface area contributed by atoms with E-state index in [0.29, 0.717) is 22.5 Å². The van der Waals surface area contributed by atoms with Gasteiger partial charge in [0.2, 0.25) is 5.43 Å². The SMILES string of the molecule is CCCOc1c[nH]c(Cn2cnc3sc(C)c(-c4cccc(OC)c4)c3c2=O)cc1=O. The molecule has 0 amide bonds. The highest BCUT2D eigenvalue weighted by Crippen LogP contribution is 2.36. The lowest BCUT2D eigenvalue weighted by molar-refractivity contribution is 0.313. The van der Waals surface area contributed by atoms with Crippen LogP contribution >= 0.6 is 11.3 Å². The summed E-state index contributed by atoms with van der Waals surface area (Å²) >= 11 is 1.49. The molecule has 8 heteroatoms. The van der Waals surface area contributed by atoms with Crippen molar-refractivity contribution in [2.75, 3.05) is 13.7 Å². The zero-order chi connectivity index (χ0) is 22.0. The largest absolute Gasteiger partial charge is 0.497 e. The van der Waals surface area contributed by atoms with E-state index in [2.05, 4.69) is 9.97 Å². The topological polar surface area (TPSA) is 86.2 Å². The Labute approximate surface area is 182 Å². The third kappa shape index (κ3) is 4.11. The van der Waals surface area contributed by atoms with E-state index in [1.807, 2.05) is 38.1 Å². The fourth-order valence-electron chi connectivity index (χ4n) is 3.48. The molecule has 0 saturated heterocycles. The highest BCUT2D eigenvalue weighted by atomic mass is 32.1. The lowest BCUT2D eigenvalue weighted by Gasteiger charge is -2.09. The fraction of sp³-hybridized carbons (Fsp3) is 0.261. The van der Waals surface area contributed by atoms with Gasteiger partial charge in [0.25, 0.3) is 5.56 Å². The maximum Gasteiger partial charge on any atom is 0.263 e. The number of ether oxygens (including phenoxy) is 2. The summed E-state index contributed by atoms with van der Waals surface area (Å²) in [7, 11) is 1.62. The molecule has 0 saturated carbocycles. The van der Waals surface area contributed by atoms with Gasteiger partial charge in [0, 0.05) is 28.4 Å². The third-order valence-corrected chi connectivity index (χ3v) is 5.97. The number of rotatable bonds is 7. The minimum atomic E-state index is -0.215. The number of hydrogen-bond donors (Lipinski definition) is 1. The molecule has 0 fully saturated rings. The van der Waals surface area contributed by atoms with Crippen LogP contribution in [-0.2, 0) is 6.54 Å². The summed E-state index contributed by atoms with van der Waals surface area (Å²) in [6.07, 6.45) is 3.88. The number of methoxy groups -OCH3 is 1. The van der Waals surface area contributed by atoms with E-state index < -0.39 is 0 Å². The minimum absolute atomic E-state index is 0.153. The lowest BCUT2D eigenvalue weighted by atomic mass is 10.0. The molecule has 0 aliphatic rings. The van der Waals surface area contributed by atoms with Crippen LogP contribution in [0.1, 0.15) is 23.9 Å². The van der Waals surface area contributed by atoms with Crippen molar-refractivity contribution in [3.05, 3.63) is 74.0 Å². The minimum Gasteiger partial charge on any atom is -0.497 e. The van der Waals surface area contributed by atoms with Crippen LogP contribution in [0, 0.1) is 6.92 Å². The molecule has 0 unspecified atom stereocenters. The molecule has 4 aromatic rings. The first-order valence-corrected chi connectivity index (χ1v) is 10.8. The van der Waals surface area contributed by atoms with Gasteiger partial charge in [-0.1, -0.05) is 19.1 Å². The van der Waals surface area contributed by atoms with Crippen molar-refractivity contribution in [2.45, 2.75) is 26.8 Å². The van der Waals surface area contributed by atoms with Gasteiger partial charge < -0.3 is 14.5 Å². The average molecular weight is 438 g/mol. The Balaban J connectivity index is 1.75. The van der Waals surface area contributed by atoms with Crippen LogP contribution in [0.15, 0.2) is 52.4 Å². The zero-order valence-corrected chi connectivity index (χ0v) is 18.4. The lowest BCUT2D eigenvalue weighted by Crippen LogP contribution is -2.22. The van der Waals surface area contributed by atoms with E-state index in [4.69, 9.17) is 9.47 Å². The summed E-state index contributed by atoms with van der Waals surface area (Å²) < 4.78 is 12.3. The number of fused-ring (bicyclic) bond motifs is 1. The van der Waals surface area contributed by atoms with Crippen molar-refractivity contribution in [3.63, 3.8) is 0 Å². The number of H-pyrrole nitrogens is 1. The number of thiophene rings is 1. The number of nitrogens with zero attached hydrogens (tertiary/aromatic N) is 2. The van der Waals surface area contributed by atoms with E-state index in [1.54, 1.807) is 13.3 Å². The second-order valence-electron chi connectivity index (χ2n) is 7.16. The first-order chi connectivity index (χ1) is 15.0. The van der Waals surface area contributed by atoms with Gasteiger partial charge in [-0.05, 0) is 31.0 Å². The fourth-order valence-corrected chi connectivity index (χ4v) is 4.48. The molecule has 0 aliphatic heterocycles. The predicted molar refractivity (Wildman–Crippen MR) is 123 cm³/mol. The third-order valence-electron chi connectivity index (χ3n) is 4.95. The second-order valence-corrected chi connectivity index (χ2v) is 8.36. The van der Waals surface area contributed by atoms with Gasteiger partial charge in [0.05, 0.1) is 32.0 Å². The molecular formula is C23H23N3O4S. The first-order valence-electron chi connectivity index (χ1n) is 9.99. The average Bonchev–Trinajstić information content (AvgIpc) is 3.12. The van der Waals surface area contributed by atoms with E-state index in [9.17, 15) is 9.59 Å². The number of aromatic amines is 1. The van der Waals surface area contributed by atoms with E-state index in [0.717, 1.165) is 28.2 Å². The molecule has 0 aliphatic carbocycles. The van der Waals surface area contributed by atoms with Gasteiger partial charge >= 0.3 is 0 Å². The summed E-state index contributed by atoms with van der Waals surface area (Å²) in [5, 5.41) is 0.573. The molecule has 4 rings (SSSR count). The van der Waals surface area contributed by atoms with Crippen LogP contribution in [0.5, 0.6) is 11.5 Å². The van der Waals surface area contributed by atoms with Crippen molar-refractivity contribution < 1.29 is 9.47 Å². The Morgan fingerprint density at radius 1 is 1.23 bits per heavy atom. The molecule has 0 radical (unpaired) electrons. The van der Waals surface area contributed by atoms with Gasteiger partial charge in [-0.15, -0.1) is 11.3 Å². The number of aryl methyl sites for hydroxylation is 1. The Morgan fingerprint density at radius 2 is 2.06 bits per heavy atom. The van der Waals surface area contributed by atoms with Gasteiger partial charge in [-0.3, -0.25) is 14.2 Å². The number of pyridine rings is 1. The number of nitrogens with one attached hydrogen (secondary N) is 1. The molecular weight excluding hydrogens is 414 g/mol. The van der Waals surface area contributed by atoms with Crippen LogP contribution in [0.25, 0.3) is 21.3 Å². The maximum absolute atomic E-state index is 13.4. The molecule has 1 aromatic carbocycles.